The predicted octanol–water partition coefficient (Wildman–Crippen LogP) is 8.08. The zero-order valence-electron chi connectivity index (χ0n) is 39.0. The molecule has 0 aliphatic carbocycles. The Balaban J connectivity index is 1.77. The molecule has 70 heavy (non-hydrogen) atoms. The van der Waals surface area contributed by atoms with E-state index in [9.17, 15) is 9.59 Å². The zero-order valence-corrected chi connectivity index (χ0v) is 39.0. The van der Waals surface area contributed by atoms with Gasteiger partial charge in [0.25, 0.3) is 0 Å². The summed E-state index contributed by atoms with van der Waals surface area (Å²) in [7, 11) is 0. The van der Waals surface area contributed by atoms with Crippen molar-refractivity contribution in [1.82, 2.24) is 0 Å². The maximum atomic E-state index is 13.1. The van der Waals surface area contributed by atoms with E-state index in [1.54, 1.807) is 30.3 Å². The average molecular weight is 977 g/mol. The van der Waals surface area contributed by atoms with E-state index >= 15 is 0 Å². The van der Waals surface area contributed by atoms with Crippen LogP contribution < -0.4 is 37.9 Å². The molecule has 0 fully saturated rings. The third-order valence-electron chi connectivity index (χ3n) is 8.04. The second-order valence-electron chi connectivity index (χ2n) is 13.0. The normalized spacial score (nSPS) is 10.7. The molecule has 0 bridgehead atoms. The summed E-state index contributed by atoms with van der Waals surface area (Å²) >= 11 is 0. The van der Waals surface area contributed by atoms with Crippen LogP contribution in [0.4, 0.5) is 0 Å². The molecule has 0 spiro atoms. The fraction of sp³-hybridized carbons (Fsp3) is 0.294. The summed E-state index contributed by atoms with van der Waals surface area (Å²) in [5, 5.41) is 0. The van der Waals surface area contributed by atoms with Gasteiger partial charge in [-0.15, -0.1) is 19.7 Å². The van der Waals surface area contributed by atoms with Gasteiger partial charge in [0.05, 0.1) is 18.8 Å². The highest BCUT2D eigenvalue weighted by Gasteiger charge is 2.20. The minimum Gasteiger partial charge on any atom is -0.498 e. The number of hydrogen-bond donors (Lipinski definition) is 0. The average Bonchev–Trinajstić information content (AvgIpc) is 3.36. The van der Waals surface area contributed by atoms with E-state index in [1.807, 2.05) is 0 Å². The monoisotopic (exact) mass is 976 g/mol. The molecule has 0 N–H and O–H groups in total. The highest BCUT2D eigenvalue weighted by molar-refractivity contribution is 5.90. The topological polar surface area (TPSA) is 191 Å². The van der Waals surface area contributed by atoms with E-state index in [4.69, 9.17) is 81.4 Å². The molecular formula is C51H60O19. The summed E-state index contributed by atoms with van der Waals surface area (Å²) in [6.07, 6.45) is 13.9. The minimum atomic E-state index is -0.729. The third kappa shape index (κ3) is 23.0. The van der Waals surface area contributed by atoms with Gasteiger partial charge in [-0.3, -0.25) is 0 Å². The van der Waals surface area contributed by atoms with Crippen LogP contribution in [0.5, 0.6) is 46.0 Å². The number of carbonyl (C=O) groups is 2. The molecule has 0 aliphatic rings. The molecule has 0 saturated carbocycles. The second kappa shape index (κ2) is 36.5. The maximum Gasteiger partial charge on any atom is 0.336 e. The molecular weight excluding hydrogens is 917 g/mol. The summed E-state index contributed by atoms with van der Waals surface area (Å²) in [5.41, 5.74) is 0.877. The van der Waals surface area contributed by atoms with Crippen molar-refractivity contribution < 1.29 is 91.0 Å². The molecule has 0 radical (unpaired) electrons. The largest absolute Gasteiger partial charge is 0.498 e. The number of hydrogen-bond acceptors (Lipinski definition) is 19. The number of rotatable bonds is 42. The highest BCUT2D eigenvalue weighted by atomic mass is 17.2. The number of benzene rings is 3. The van der Waals surface area contributed by atoms with Crippen molar-refractivity contribution in [3.63, 3.8) is 0 Å². The van der Waals surface area contributed by atoms with Gasteiger partial charge in [0.1, 0.15) is 111 Å². The van der Waals surface area contributed by atoms with Crippen molar-refractivity contribution in [2.45, 2.75) is 0 Å². The van der Waals surface area contributed by atoms with Gasteiger partial charge in [0, 0.05) is 23.3 Å². The van der Waals surface area contributed by atoms with Crippen LogP contribution in [0.1, 0.15) is 11.1 Å². The van der Waals surface area contributed by atoms with Gasteiger partial charge in [-0.25, -0.2) is 38.9 Å². The Bertz CT molecular complexity index is 2110. The summed E-state index contributed by atoms with van der Waals surface area (Å²) < 4.78 is 62.7. The first-order valence-corrected chi connectivity index (χ1v) is 21.6. The summed E-state index contributed by atoms with van der Waals surface area (Å²) in [6.45, 7) is 23.2. The Morgan fingerprint density at radius 1 is 0.371 bits per heavy atom. The first kappa shape index (κ1) is 56.8. The van der Waals surface area contributed by atoms with Crippen LogP contribution >= 0.6 is 0 Å². The molecule has 0 aromatic heterocycles. The van der Waals surface area contributed by atoms with Gasteiger partial charge in [-0.2, -0.15) is 0 Å². The van der Waals surface area contributed by atoms with Gasteiger partial charge in [0.15, 0.2) is 23.0 Å². The van der Waals surface area contributed by atoms with Crippen LogP contribution in [0.15, 0.2) is 137 Å². The Labute approximate surface area is 407 Å². The lowest BCUT2D eigenvalue weighted by Gasteiger charge is -2.19. The molecule has 0 heterocycles. The number of ether oxygens (including phenoxy) is 11. The SMILES string of the molecule is C=CCOOCCOc1ccc(/C=C/C(=O)Oc2ccc(OC(=O)/C=C/c3ccc(OCCOC=C)c(OCCOC=C)c3OCCOOCC=C)cc2)c(OCCOC=C)c1OCCOOCC=C. The number of esters is 2. The molecule has 0 atom stereocenters. The van der Waals surface area contributed by atoms with Gasteiger partial charge >= 0.3 is 11.9 Å². The van der Waals surface area contributed by atoms with Crippen molar-refractivity contribution in [3.05, 3.63) is 148 Å². The van der Waals surface area contributed by atoms with Gasteiger partial charge in [-0.1, -0.05) is 38.0 Å². The van der Waals surface area contributed by atoms with Crippen molar-refractivity contribution in [1.29, 1.82) is 0 Å². The molecule has 3 aromatic rings. The third-order valence-corrected chi connectivity index (χ3v) is 8.04. The molecule has 19 heteroatoms. The van der Waals surface area contributed by atoms with Crippen LogP contribution in [-0.2, 0) is 53.1 Å². The summed E-state index contributed by atoms with van der Waals surface area (Å²) in [4.78, 5) is 56.4. The molecule has 3 aromatic carbocycles. The summed E-state index contributed by atoms with van der Waals surface area (Å²) in [6, 6.07) is 12.5. The highest BCUT2D eigenvalue weighted by Crippen LogP contribution is 2.42. The Morgan fingerprint density at radius 3 is 1.06 bits per heavy atom. The number of carbonyl (C=O) groups excluding carboxylic acids is 2. The summed E-state index contributed by atoms with van der Waals surface area (Å²) in [5.74, 6) is 0.430. The molecule has 378 valence electrons. The van der Waals surface area contributed by atoms with Crippen molar-refractivity contribution in [3.8, 4) is 46.0 Å². The molecule has 19 nitrogen and oxygen atoms in total. The maximum absolute atomic E-state index is 13.1. The molecule has 0 saturated heterocycles. The Hall–Kier alpha value is -7.52. The van der Waals surface area contributed by atoms with Crippen molar-refractivity contribution in [2.75, 3.05) is 99.1 Å². The fourth-order valence-electron chi connectivity index (χ4n) is 5.21. The molecule has 0 amide bonds. The Morgan fingerprint density at radius 2 is 0.700 bits per heavy atom. The standard InChI is InChI=1S/C51H60O19/c1-7-25-63-66-37-34-58-45-22-14-40(48(59-32-29-55-11-5)51(45)62-36-39-68-65-27-9-3)15-23-46(52)69-42-17-19-43(20-18-42)70-47(53)24-16-41-13-21-44(57-31-28-54-10-4)50(61-33-30-56-12-6)49(41)60-35-38-67-64-26-8-2/h7-24H,1-6,25-39H2/b23-15+,24-16+. The lowest BCUT2D eigenvalue weighted by Crippen LogP contribution is -2.13. The quantitative estimate of drug-likeness (QED) is 0.00773. The van der Waals surface area contributed by atoms with E-state index < -0.39 is 11.9 Å². The predicted molar refractivity (Wildman–Crippen MR) is 256 cm³/mol. The first-order chi connectivity index (χ1) is 34.4. The van der Waals surface area contributed by atoms with Gasteiger partial charge in [0.2, 0.25) is 11.5 Å². The Kier molecular flexibility index (Phi) is 29.6. The lowest BCUT2D eigenvalue weighted by molar-refractivity contribution is -0.289. The van der Waals surface area contributed by atoms with Crippen LogP contribution in [0.3, 0.4) is 0 Å². The van der Waals surface area contributed by atoms with Crippen LogP contribution in [0, 0.1) is 0 Å². The van der Waals surface area contributed by atoms with Crippen LogP contribution in [-0.4, -0.2) is 111 Å². The molecule has 0 unspecified atom stereocenters. The smallest absolute Gasteiger partial charge is 0.336 e. The lowest BCUT2D eigenvalue weighted by atomic mass is 10.1. The van der Waals surface area contributed by atoms with Crippen molar-refractivity contribution in [2.24, 2.45) is 0 Å². The van der Waals surface area contributed by atoms with Crippen LogP contribution in [0.25, 0.3) is 12.2 Å². The van der Waals surface area contributed by atoms with E-state index in [-0.39, 0.29) is 134 Å². The van der Waals surface area contributed by atoms with Crippen LogP contribution in [0.2, 0.25) is 0 Å². The van der Waals surface area contributed by atoms with E-state index in [0.717, 1.165) is 0 Å². The second-order valence-corrected chi connectivity index (χ2v) is 13.0. The first-order valence-electron chi connectivity index (χ1n) is 21.6. The van der Waals surface area contributed by atoms with Crippen molar-refractivity contribution >= 4 is 24.1 Å². The molecule has 0 aliphatic heterocycles. The minimum absolute atomic E-state index is 0.0316. The van der Waals surface area contributed by atoms with E-state index in [2.05, 4.69) is 39.5 Å². The molecule has 3 rings (SSSR count). The van der Waals surface area contributed by atoms with E-state index in [1.165, 1.54) is 79.5 Å². The van der Waals surface area contributed by atoms with Gasteiger partial charge in [-0.05, 0) is 60.7 Å². The fourth-order valence-corrected chi connectivity index (χ4v) is 5.21. The van der Waals surface area contributed by atoms with Gasteiger partial charge < -0.3 is 52.1 Å². The van der Waals surface area contributed by atoms with E-state index in [0.29, 0.717) is 22.6 Å². The zero-order chi connectivity index (χ0) is 50.3.